The van der Waals surface area contributed by atoms with Gasteiger partial charge in [0, 0.05) is 6.07 Å². The number of nitro groups is 1. The van der Waals surface area contributed by atoms with Gasteiger partial charge in [-0.15, -0.1) is 6.42 Å². The first-order valence-electron chi connectivity index (χ1n) is 5.35. The van der Waals surface area contributed by atoms with Crippen LogP contribution >= 0.6 is 0 Å². The summed E-state index contributed by atoms with van der Waals surface area (Å²) in [5.74, 6) is 2.24. The molecule has 2 N–H and O–H groups in total. The van der Waals surface area contributed by atoms with Gasteiger partial charge in [-0.1, -0.05) is 5.92 Å². The molecule has 100 valence electrons. The van der Waals surface area contributed by atoms with E-state index >= 15 is 0 Å². The second-order valence-electron chi connectivity index (χ2n) is 3.50. The van der Waals surface area contributed by atoms with E-state index in [2.05, 4.69) is 16.6 Å². The number of carbonyl (C=O) groups is 1. The van der Waals surface area contributed by atoms with E-state index in [0.717, 1.165) is 0 Å². The number of nitrogens with zero attached hydrogens (tertiary/aromatic N) is 1. The average molecular weight is 263 g/mol. The minimum atomic E-state index is -0.539. The van der Waals surface area contributed by atoms with Crippen molar-refractivity contribution in [2.75, 3.05) is 25.5 Å². The summed E-state index contributed by atoms with van der Waals surface area (Å²) in [6.45, 7) is 0.329. The summed E-state index contributed by atoms with van der Waals surface area (Å²) < 4.78 is 4.99. The molecule has 1 aromatic rings. The van der Waals surface area contributed by atoms with Crippen LogP contribution in [0, 0.1) is 22.5 Å². The number of hydrogen-bond acceptors (Lipinski definition) is 5. The molecule has 0 aliphatic rings. The molecule has 0 aliphatic carbocycles. The number of terminal acetylenes is 1. The van der Waals surface area contributed by atoms with Gasteiger partial charge in [0.05, 0.1) is 36.9 Å². The van der Waals surface area contributed by atoms with Gasteiger partial charge in [-0.05, 0) is 6.07 Å². The van der Waals surface area contributed by atoms with Gasteiger partial charge in [-0.25, -0.2) is 0 Å². The van der Waals surface area contributed by atoms with Crippen LogP contribution in [0.3, 0.4) is 0 Å². The normalized spacial score (nSPS) is 9.47. The predicted molar refractivity (Wildman–Crippen MR) is 70.0 cm³/mol. The number of nitro benzene ring substituents is 1. The fourth-order valence-electron chi connectivity index (χ4n) is 1.34. The molecule has 0 radical (unpaired) electrons. The molecule has 0 saturated carbocycles. The second kappa shape index (κ2) is 6.98. The maximum Gasteiger partial charge on any atom is 0.273 e. The van der Waals surface area contributed by atoms with Crippen molar-refractivity contribution in [1.29, 1.82) is 0 Å². The van der Waals surface area contributed by atoms with Crippen LogP contribution in [0.2, 0.25) is 0 Å². The molecule has 7 heteroatoms. The molecule has 1 amide bonds. The summed E-state index contributed by atoms with van der Waals surface area (Å²) in [5, 5.41) is 15.9. The molecule has 0 unspecified atom stereocenters. The van der Waals surface area contributed by atoms with E-state index in [4.69, 9.17) is 11.2 Å². The maximum absolute atomic E-state index is 11.5. The van der Waals surface area contributed by atoms with Crippen LogP contribution in [-0.4, -0.2) is 31.0 Å². The maximum atomic E-state index is 11.5. The molecular weight excluding hydrogens is 250 g/mol. The Bertz CT molecular complexity index is 522. The first-order chi connectivity index (χ1) is 9.08. The van der Waals surface area contributed by atoms with Gasteiger partial charge in [-0.3, -0.25) is 20.2 Å². The molecule has 0 aromatic heterocycles. The van der Waals surface area contributed by atoms with E-state index in [-0.39, 0.29) is 30.4 Å². The minimum absolute atomic E-state index is 0.0460. The molecule has 0 saturated heterocycles. The summed E-state index contributed by atoms with van der Waals surface area (Å²) in [5.41, 5.74) is 0.251. The third kappa shape index (κ3) is 4.29. The Balaban J connectivity index is 2.75. The van der Waals surface area contributed by atoms with E-state index < -0.39 is 4.92 Å². The lowest BCUT2D eigenvalue weighted by atomic mass is 10.2. The average Bonchev–Trinajstić information content (AvgIpc) is 2.39. The lowest BCUT2D eigenvalue weighted by Crippen LogP contribution is -2.28. The van der Waals surface area contributed by atoms with Gasteiger partial charge in [-0.2, -0.15) is 0 Å². The van der Waals surface area contributed by atoms with Gasteiger partial charge in [0.1, 0.15) is 5.75 Å². The smallest absolute Gasteiger partial charge is 0.273 e. The number of non-ortho nitro benzene ring substituents is 1. The quantitative estimate of drug-likeness (QED) is 0.342. The Hall–Kier alpha value is -2.59. The van der Waals surface area contributed by atoms with Gasteiger partial charge in [0.15, 0.2) is 0 Å². The molecule has 7 nitrogen and oxygen atoms in total. The highest BCUT2D eigenvalue weighted by Gasteiger charge is 2.12. The number of anilines is 1. The van der Waals surface area contributed by atoms with Crippen molar-refractivity contribution in [3.8, 4) is 18.1 Å². The molecule has 0 atom stereocenters. The first-order valence-corrected chi connectivity index (χ1v) is 5.35. The van der Waals surface area contributed by atoms with Crippen LogP contribution in [-0.2, 0) is 4.79 Å². The Morgan fingerprint density at radius 3 is 2.89 bits per heavy atom. The fraction of sp³-hybridized carbons (Fsp3) is 0.250. The summed E-state index contributed by atoms with van der Waals surface area (Å²) in [6.07, 6.45) is 5.03. The number of carbonyl (C=O) groups excluding carboxylic acids is 1. The number of nitrogens with one attached hydrogen (secondary N) is 2. The number of methoxy groups -OCH3 is 1. The number of amides is 1. The molecule has 0 bridgehead atoms. The standard InChI is InChI=1S/C12H13N3O4/c1-3-6-13-8-12(16)14-10-5-4-9(15(17)18)7-11(10)19-2/h1,4-5,7,13H,6,8H2,2H3,(H,14,16). The van der Waals surface area contributed by atoms with Crippen molar-refractivity contribution < 1.29 is 14.5 Å². The largest absolute Gasteiger partial charge is 0.494 e. The molecule has 19 heavy (non-hydrogen) atoms. The Kier molecular flexibility index (Phi) is 5.32. The van der Waals surface area contributed by atoms with Crippen LogP contribution in [0.15, 0.2) is 18.2 Å². The third-order valence-corrected chi connectivity index (χ3v) is 2.18. The highest BCUT2D eigenvalue weighted by molar-refractivity contribution is 5.93. The summed E-state index contributed by atoms with van der Waals surface area (Å²) in [6, 6.07) is 3.94. The third-order valence-electron chi connectivity index (χ3n) is 2.18. The zero-order chi connectivity index (χ0) is 14.3. The molecule has 0 heterocycles. The Labute approximate surface area is 110 Å². The Morgan fingerprint density at radius 2 is 2.32 bits per heavy atom. The van der Waals surface area contributed by atoms with Crippen molar-refractivity contribution >= 4 is 17.3 Å². The van der Waals surface area contributed by atoms with E-state index in [9.17, 15) is 14.9 Å². The number of hydrogen-bond donors (Lipinski definition) is 2. The zero-order valence-corrected chi connectivity index (χ0v) is 10.3. The zero-order valence-electron chi connectivity index (χ0n) is 10.3. The molecule has 1 aromatic carbocycles. The summed E-state index contributed by atoms with van der Waals surface area (Å²) in [7, 11) is 1.37. The van der Waals surface area contributed by atoms with Gasteiger partial charge in [0.2, 0.25) is 5.91 Å². The van der Waals surface area contributed by atoms with Crippen LogP contribution < -0.4 is 15.4 Å². The number of rotatable bonds is 6. The van der Waals surface area contributed by atoms with Crippen molar-refractivity contribution in [3.05, 3.63) is 28.3 Å². The highest BCUT2D eigenvalue weighted by atomic mass is 16.6. The lowest BCUT2D eigenvalue weighted by molar-refractivity contribution is -0.384. The van der Waals surface area contributed by atoms with Crippen LogP contribution in [0.1, 0.15) is 0 Å². The minimum Gasteiger partial charge on any atom is -0.494 e. The second-order valence-corrected chi connectivity index (χ2v) is 3.50. The van der Waals surface area contributed by atoms with Crippen molar-refractivity contribution in [2.45, 2.75) is 0 Å². The summed E-state index contributed by atoms with van der Waals surface area (Å²) in [4.78, 5) is 21.6. The van der Waals surface area contributed by atoms with Crippen LogP contribution in [0.25, 0.3) is 0 Å². The first kappa shape index (κ1) is 14.5. The van der Waals surface area contributed by atoms with Gasteiger partial charge in [0.25, 0.3) is 5.69 Å². The van der Waals surface area contributed by atoms with Crippen LogP contribution in [0.4, 0.5) is 11.4 Å². The number of benzene rings is 1. The summed E-state index contributed by atoms with van der Waals surface area (Å²) >= 11 is 0. The van der Waals surface area contributed by atoms with Crippen molar-refractivity contribution in [2.24, 2.45) is 0 Å². The molecular formula is C12H13N3O4. The van der Waals surface area contributed by atoms with E-state index in [1.807, 2.05) is 0 Å². The lowest BCUT2D eigenvalue weighted by Gasteiger charge is -2.09. The SMILES string of the molecule is C#CCNCC(=O)Nc1ccc([N+](=O)[O-])cc1OC. The molecule has 0 aliphatic heterocycles. The van der Waals surface area contributed by atoms with E-state index in [1.165, 1.54) is 25.3 Å². The predicted octanol–water partition coefficient (Wildman–Crippen LogP) is 0.765. The van der Waals surface area contributed by atoms with E-state index in [1.54, 1.807) is 0 Å². The number of ether oxygens (including phenoxy) is 1. The van der Waals surface area contributed by atoms with Gasteiger partial charge < -0.3 is 10.1 Å². The molecule has 0 fully saturated rings. The Morgan fingerprint density at radius 1 is 1.58 bits per heavy atom. The highest BCUT2D eigenvalue weighted by Crippen LogP contribution is 2.28. The van der Waals surface area contributed by atoms with Crippen LogP contribution in [0.5, 0.6) is 5.75 Å². The van der Waals surface area contributed by atoms with E-state index in [0.29, 0.717) is 5.69 Å². The molecule has 1 rings (SSSR count). The topological polar surface area (TPSA) is 93.5 Å². The monoisotopic (exact) mass is 263 g/mol. The molecule has 0 spiro atoms. The fourth-order valence-corrected chi connectivity index (χ4v) is 1.34. The van der Waals surface area contributed by atoms with Crippen molar-refractivity contribution in [3.63, 3.8) is 0 Å². The van der Waals surface area contributed by atoms with Gasteiger partial charge >= 0.3 is 0 Å². The van der Waals surface area contributed by atoms with Crippen molar-refractivity contribution in [1.82, 2.24) is 5.32 Å².